The van der Waals surface area contributed by atoms with E-state index >= 15 is 0 Å². The molecule has 0 aromatic heterocycles. The van der Waals surface area contributed by atoms with Crippen LogP contribution in [0.4, 0.5) is 10.1 Å². The van der Waals surface area contributed by atoms with Crippen LogP contribution < -0.4 is 11.5 Å². The molecule has 0 aliphatic rings. The second kappa shape index (κ2) is 5.29. The van der Waals surface area contributed by atoms with Crippen molar-refractivity contribution in [2.45, 2.75) is 6.92 Å². The van der Waals surface area contributed by atoms with Crippen LogP contribution in [-0.2, 0) is 4.79 Å². The van der Waals surface area contributed by atoms with Crippen LogP contribution in [0, 0.1) is 5.82 Å². The number of nitrogen functional groups attached to an aromatic ring is 1. The molecule has 0 radical (unpaired) electrons. The van der Waals surface area contributed by atoms with Gasteiger partial charge in [-0.1, -0.05) is 0 Å². The number of halogens is 1. The molecule has 1 rings (SSSR count). The van der Waals surface area contributed by atoms with E-state index in [9.17, 15) is 14.0 Å². The number of hydrogen-bond donors (Lipinski definition) is 2. The molecule has 0 saturated heterocycles. The van der Waals surface area contributed by atoms with Crippen molar-refractivity contribution in [2.75, 3.05) is 18.8 Å². The summed E-state index contributed by atoms with van der Waals surface area (Å²) in [5, 5.41) is 0. The SMILES string of the molecule is CCN(CC(N)=O)C(=O)c1cc(N)ccc1F. The molecule has 0 aliphatic carbocycles. The number of amides is 2. The number of primary amides is 1. The lowest BCUT2D eigenvalue weighted by molar-refractivity contribution is -0.118. The van der Waals surface area contributed by atoms with Crippen molar-refractivity contribution in [3.8, 4) is 0 Å². The number of nitrogens with zero attached hydrogens (tertiary/aromatic N) is 1. The van der Waals surface area contributed by atoms with Crippen molar-refractivity contribution in [3.63, 3.8) is 0 Å². The zero-order valence-corrected chi connectivity index (χ0v) is 9.44. The number of benzene rings is 1. The highest BCUT2D eigenvalue weighted by Crippen LogP contribution is 2.14. The van der Waals surface area contributed by atoms with E-state index in [4.69, 9.17) is 11.5 Å². The van der Waals surface area contributed by atoms with Gasteiger partial charge in [0.2, 0.25) is 5.91 Å². The number of carbonyl (C=O) groups is 2. The number of carbonyl (C=O) groups excluding carboxylic acids is 2. The molecule has 0 spiro atoms. The topological polar surface area (TPSA) is 89.4 Å². The minimum atomic E-state index is -0.674. The molecule has 1 aromatic rings. The summed E-state index contributed by atoms with van der Waals surface area (Å²) in [6.07, 6.45) is 0. The predicted octanol–water partition coefficient (Wildman–Crippen LogP) is 0.355. The zero-order chi connectivity index (χ0) is 13.0. The van der Waals surface area contributed by atoms with Crippen LogP contribution in [0.1, 0.15) is 17.3 Å². The maximum atomic E-state index is 13.4. The second-order valence-corrected chi connectivity index (χ2v) is 3.52. The molecule has 5 nitrogen and oxygen atoms in total. The summed E-state index contributed by atoms with van der Waals surface area (Å²) in [5.41, 5.74) is 10.6. The number of nitrogens with two attached hydrogens (primary N) is 2. The molecule has 6 heteroatoms. The van der Waals surface area contributed by atoms with Crippen molar-refractivity contribution >= 4 is 17.5 Å². The molecular weight excluding hydrogens is 225 g/mol. The molecule has 92 valence electrons. The Morgan fingerprint density at radius 1 is 1.41 bits per heavy atom. The first kappa shape index (κ1) is 13.0. The van der Waals surface area contributed by atoms with Gasteiger partial charge in [-0.2, -0.15) is 0 Å². The van der Waals surface area contributed by atoms with Gasteiger partial charge in [-0.05, 0) is 25.1 Å². The summed E-state index contributed by atoms with van der Waals surface area (Å²) >= 11 is 0. The van der Waals surface area contributed by atoms with Gasteiger partial charge in [0.05, 0.1) is 12.1 Å². The molecular formula is C11H14FN3O2. The van der Waals surface area contributed by atoms with Crippen molar-refractivity contribution in [1.82, 2.24) is 4.90 Å². The molecule has 0 unspecified atom stereocenters. The van der Waals surface area contributed by atoms with Crippen molar-refractivity contribution in [1.29, 1.82) is 0 Å². The Kier molecular flexibility index (Phi) is 4.03. The van der Waals surface area contributed by atoms with E-state index in [0.29, 0.717) is 0 Å². The lowest BCUT2D eigenvalue weighted by Crippen LogP contribution is -2.38. The highest BCUT2D eigenvalue weighted by molar-refractivity contribution is 5.97. The van der Waals surface area contributed by atoms with Gasteiger partial charge in [-0.25, -0.2) is 4.39 Å². The van der Waals surface area contributed by atoms with Gasteiger partial charge in [0.1, 0.15) is 5.82 Å². The molecule has 1 aromatic carbocycles. The van der Waals surface area contributed by atoms with Gasteiger partial charge >= 0.3 is 0 Å². The molecule has 0 fully saturated rings. The highest BCUT2D eigenvalue weighted by Gasteiger charge is 2.19. The van der Waals surface area contributed by atoms with Crippen LogP contribution in [0.3, 0.4) is 0 Å². The van der Waals surface area contributed by atoms with Crippen LogP contribution in [0.5, 0.6) is 0 Å². The fraction of sp³-hybridized carbons (Fsp3) is 0.273. The van der Waals surface area contributed by atoms with Crippen molar-refractivity contribution in [3.05, 3.63) is 29.6 Å². The minimum absolute atomic E-state index is 0.159. The Morgan fingerprint density at radius 3 is 2.59 bits per heavy atom. The zero-order valence-electron chi connectivity index (χ0n) is 9.44. The first-order chi connectivity index (χ1) is 7.95. The number of hydrogen-bond acceptors (Lipinski definition) is 3. The molecule has 0 heterocycles. The second-order valence-electron chi connectivity index (χ2n) is 3.52. The standard InChI is InChI=1S/C11H14FN3O2/c1-2-15(6-10(14)16)11(17)8-5-7(13)3-4-9(8)12/h3-5H,2,6,13H2,1H3,(H2,14,16). The number of anilines is 1. The van der Waals surface area contributed by atoms with Gasteiger partial charge < -0.3 is 16.4 Å². The van der Waals surface area contributed by atoms with Gasteiger partial charge in [0.15, 0.2) is 0 Å². The minimum Gasteiger partial charge on any atom is -0.399 e. The third-order valence-electron chi connectivity index (χ3n) is 2.24. The molecule has 0 bridgehead atoms. The molecule has 0 atom stereocenters. The summed E-state index contributed by atoms with van der Waals surface area (Å²) in [4.78, 5) is 23.8. The Bertz CT molecular complexity index is 448. The molecule has 2 amide bonds. The highest BCUT2D eigenvalue weighted by atomic mass is 19.1. The Hall–Kier alpha value is -2.11. The summed E-state index contributed by atoms with van der Waals surface area (Å²) in [6, 6.07) is 3.71. The first-order valence-corrected chi connectivity index (χ1v) is 5.08. The summed E-state index contributed by atoms with van der Waals surface area (Å²) in [7, 11) is 0. The average Bonchev–Trinajstić information content (AvgIpc) is 2.28. The lowest BCUT2D eigenvalue weighted by atomic mass is 10.1. The predicted molar refractivity (Wildman–Crippen MR) is 61.6 cm³/mol. The maximum Gasteiger partial charge on any atom is 0.257 e. The molecule has 4 N–H and O–H groups in total. The average molecular weight is 239 g/mol. The van der Waals surface area contributed by atoms with E-state index in [1.165, 1.54) is 12.1 Å². The van der Waals surface area contributed by atoms with E-state index in [-0.39, 0.29) is 24.3 Å². The lowest BCUT2D eigenvalue weighted by Gasteiger charge is -2.19. The summed E-state index contributed by atoms with van der Waals surface area (Å²) in [5.74, 6) is -1.92. The first-order valence-electron chi connectivity index (χ1n) is 5.08. The number of likely N-dealkylation sites (N-methyl/N-ethyl adjacent to an activating group) is 1. The Morgan fingerprint density at radius 2 is 2.06 bits per heavy atom. The fourth-order valence-electron chi connectivity index (χ4n) is 1.39. The largest absolute Gasteiger partial charge is 0.399 e. The van der Waals surface area contributed by atoms with Gasteiger partial charge in [-0.15, -0.1) is 0 Å². The van der Waals surface area contributed by atoms with E-state index < -0.39 is 17.6 Å². The Labute approximate surface area is 98.2 Å². The maximum absolute atomic E-state index is 13.4. The van der Waals surface area contributed by atoms with E-state index in [2.05, 4.69) is 0 Å². The summed E-state index contributed by atoms with van der Waals surface area (Å²) < 4.78 is 13.4. The summed E-state index contributed by atoms with van der Waals surface area (Å²) in [6.45, 7) is 1.69. The van der Waals surface area contributed by atoms with Crippen LogP contribution in [-0.4, -0.2) is 29.8 Å². The van der Waals surface area contributed by atoms with Gasteiger partial charge in [0, 0.05) is 12.2 Å². The number of rotatable bonds is 4. The molecule has 0 saturated carbocycles. The quantitative estimate of drug-likeness (QED) is 0.743. The van der Waals surface area contributed by atoms with Crippen molar-refractivity contribution in [2.24, 2.45) is 5.73 Å². The van der Waals surface area contributed by atoms with Crippen LogP contribution in [0.25, 0.3) is 0 Å². The third-order valence-corrected chi connectivity index (χ3v) is 2.24. The monoisotopic (exact) mass is 239 g/mol. The van der Waals surface area contributed by atoms with Gasteiger partial charge in [0.25, 0.3) is 5.91 Å². The van der Waals surface area contributed by atoms with Crippen molar-refractivity contribution < 1.29 is 14.0 Å². The van der Waals surface area contributed by atoms with Crippen LogP contribution in [0.2, 0.25) is 0 Å². The molecule has 17 heavy (non-hydrogen) atoms. The smallest absolute Gasteiger partial charge is 0.257 e. The van der Waals surface area contributed by atoms with Crippen LogP contribution >= 0.6 is 0 Å². The normalized spacial score (nSPS) is 10.0. The third kappa shape index (κ3) is 3.17. The van der Waals surface area contributed by atoms with E-state index in [1.807, 2.05) is 0 Å². The molecule has 0 aliphatic heterocycles. The van der Waals surface area contributed by atoms with Crippen LogP contribution in [0.15, 0.2) is 18.2 Å². The Balaban J connectivity index is 3.01. The fourth-order valence-corrected chi connectivity index (χ4v) is 1.39. The van der Waals surface area contributed by atoms with E-state index in [0.717, 1.165) is 11.0 Å². The van der Waals surface area contributed by atoms with E-state index in [1.54, 1.807) is 6.92 Å². The van der Waals surface area contributed by atoms with Gasteiger partial charge in [-0.3, -0.25) is 9.59 Å².